The molecule has 0 atom stereocenters. The number of carbonyl (C=O) groups is 4. The normalized spacial score (nSPS) is 14.4. The van der Waals surface area contributed by atoms with Crippen LogP contribution < -0.4 is 14.8 Å². The van der Waals surface area contributed by atoms with E-state index >= 15 is 0 Å². The van der Waals surface area contributed by atoms with Gasteiger partial charge in [-0.3, -0.25) is 24.1 Å². The molecule has 0 aliphatic carbocycles. The predicted octanol–water partition coefficient (Wildman–Crippen LogP) is 2.92. The second kappa shape index (κ2) is 10.5. The summed E-state index contributed by atoms with van der Waals surface area (Å²) in [6.07, 6.45) is 1.51. The monoisotopic (exact) mass is 456 g/mol. The standard InChI is InChI=1S/C22H20N2O7S/c1-29-17-10-14(11-18-21(27)24(22(28)32-18)12-20(26)30-2)8-9-16(17)31-13-19(25)23-15-6-4-3-5-7-15/h3-11H,12-13H2,1-2H3,(H,23,25)/b18-11-. The Bertz CT molecular complexity index is 1070. The van der Waals surface area contributed by atoms with Crippen molar-refractivity contribution in [2.75, 3.05) is 32.7 Å². The quantitative estimate of drug-likeness (QED) is 0.477. The molecular weight excluding hydrogens is 436 g/mol. The maximum absolute atomic E-state index is 12.4. The van der Waals surface area contributed by atoms with Crippen LogP contribution in [0.25, 0.3) is 6.08 Å². The second-order valence-electron chi connectivity index (χ2n) is 6.46. The van der Waals surface area contributed by atoms with E-state index in [1.165, 1.54) is 20.3 Å². The highest BCUT2D eigenvalue weighted by Gasteiger charge is 2.36. The van der Waals surface area contributed by atoms with Crippen molar-refractivity contribution < 1.29 is 33.4 Å². The third-order valence-corrected chi connectivity index (χ3v) is 5.20. The Morgan fingerprint density at radius 2 is 1.81 bits per heavy atom. The molecule has 1 aliphatic rings. The number of esters is 1. The molecule has 1 N–H and O–H groups in total. The van der Waals surface area contributed by atoms with Crippen molar-refractivity contribution in [3.05, 3.63) is 59.0 Å². The molecule has 0 saturated carbocycles. The minimum atomic E-state index is -0.687. The minimum absolute atomic E-state index is 0.164. The summed E-state index contributed by atoms with van der Waals surface area (Å²) in [5, 5.41) is 2.16. The van der Waals surface area contributed by atoms with Crippen molar-refractivity contribution in [2.24, 2.45) is 0 Å². The van der Waals surface area contributed by atoms with Crippen LogP contribution >= 0.6 is 11.8 Å². The SMILES string of the molecule is COC(=O)CN1C(=O)S/C(=C\c2ccc(OCC(=O)Nc3ccccc3)c(OC)c2)C1=O. The smallest absolute Gasteiger partial charge is 0.325 e. The predicted molar refractivity (Wildman–Crippen MR) is 118 cm³/mol. The van der Waals surface area contributed by atoms with Crippen molar-refractivity contribution in [3.8, 4) is 11.5 Å². The molecule has 0 bridgehead atoms. The van der Waals surface area contributed by atoms with E-state index in [-0.39, 0.29) is 17.4 Å². The number of nitrogens with one attached hydrogen (secondary N) is 1. The Balaban J connectivity index is 1.67. The fourth-order valence-electron chi connectivity index (χ4n) is 2.74. The first-order valence-electron chi connectivity index (χ1n) is 9.39. The van der Waals surface area contributed by atoms with Gasteiger partial charge in [-0.15, -0.1) is 0 Å². The van der Waals surface area contributed by atoms with Crippen LogP contribution in [0.15, 0.2) is 53.4 Å². The number of imide groups is 1. The number of amides is 3. The molecule has 2 aromatic carbocycles. The summed E-state index contributed by atoms with van der Waals surface area (Å²) in [5.41, 5.74) is 1.23. The van der Waals surface area contributed by atoms with Gasteiger partial charge in [-0.1, -0.05) is 24.3 Å². The average Bonchev–Trinajstić information content (AvgIpc) is 3.05. The van der Waals surface area contributed by atoms with E-state index in [9.17, 15) is 19.2 Å². The number of benzene rings is 2. The number of methoxy groups -OCH3 is 2. The lowest BCUT2D eigenvalue weighted by atomic mass is 10.2. The van der Waals surface area contributed by atoms with Gasteiger partial charge in [0.15, 0.2) is 18.1 Å². The van der Waals surface area contributed by atoms with Gasteiger partial charge in [-0.05, 0) is 47.7 Å². The Labute approximate surface area is 188 Å². The van der Waals surface area contributed by atoms with Crippen LogP contribution in [0, 0.1) is 0 Å². The number of hydrogen-bond donors (Lipinski definition) is 1. The number of ether oxygens (including phenoxy) is 3. The maximum Gasteiger partial charge on any atom is 0.325 e. The number of nitrogens with zero attached hydrogens (tertiary/aromatic N) is 1. The molecule has 1 aliphatic heterocycles. The average molecular weight is 456 g/mol. The molecule has 1 fully saturated rings. The van der Waals surface area contributed by atoms with Crippen LogP contribution in [0.3, 0.4) is 0 Å². The summed E-state index contributed by atoms with van der Waals surface area (Å²) in [6.45, 7) is -0.670. The molecule has 1 saturated heterocycles. The molecule has 0 spiro atoms. The van der Waals surface area contributed by atoms with Crippen LogP contribution in [0.4, 0.5) is 10.5 Å². The van der Waals surface area contributed by atoms with Gasteiger partial charge >= 0.3 is 5.97 Å². The zero-order chi connectivity index (χ0) is 23.1. The molecule has 0 unspecified atom stereocenters. The second-order valence-corrected chi connectivity index (χ2v) is 7.45. The largest absolute Gasteiger partial charge is 0.493 e. The van der Waals surface area contributed by atoms with Gasteiger partial charge in [0.1, 0.15) is 6.54 Å². The van der Waals surface area contributed by atoms with Crippen molar-refractivity contribution in [1.29, 1.82) is 0 Å². The first-order valence-corrected chi connectivity index (χ1v) is 10.2. The number of carbonyl (C=O) groups excluding carboxylic acids is 4. The number of para-hydroxylation sites is 1. The fourth-order valence-corrected chi connectivity index (χ4v) is 3.57. The molecule has 32 heavy (non-hydrogen) atoms. The van der Waals surface area contributed by atoms with Crippen LogP contribution in [0.2, 0.25) is 0 Å². The number of thioether (sulfide) groups is 1. The molecule has 1 heterocycles. The van der Waals surface area contributed by atoms with E-state index in [0.717, 1.165) is 16.7 Å². The van der Waals surface area contributed by atoms with Gasteiger partial charge in [-0.2, -0.15) is 0 Å². The highest BCUT2D eigenvalue weighted by molar-refractivity contribution is 8.18. The topological polar surface area (TPSA) is 111 Å². The van der Waals surface area contributed by atoms with E-state index in [4.69, 9.17) is 9.47 Å². The van der Waals surface area contributed by atoms with Gasteiger partial charge < -0.3 is 19.5 Å². The maximum atomic E-state index is 12.4. The van der Waals surface area contributed by atoms with Gasteiger partial charge in [0.05, 0.1) is 19.1 Å². The Morgan fingerprint density at radius 3 is 2.50 bits per heavy atom. The summed E-state index contributed by atoms with van der Waals surface area (Å²) in [7, 11) is 2.62. The molecule has 3 rings (SSSR count). The van der Waals surface area contributed by atoms with Crippen LogP contribution in [0.1, 0.15) is 5.56 Å². The Kier molecular flexibility index (Phi) is 7.50. The zero-order valence-electron chi connectivity index (χ0n) is 17.3. The van der Waals surface area contributed by atoms with Crippen LogP contribution in [0.5, 0.6) is 11.5 Å². The number of rotatable bonds is 8. The highest BCUT2D eigenvalue weighted by atomic mass is 32.2. The van der Waals surface area contributed by atoms with Crippen LogP contribution in [-0.2, 0) is 19.1 Å². The molecule has 0 radical (unpaired) electrons. The molecule has 9 nitrogen and oxygen atoms in total. The zero-order valence-corrected chi connectivity index (χ0v) is 18.1. The Morgan fingerprint density at radius 1 is 1.06 bits per heavy atom. The molecule has 2 aromatic rings. The van der Waals surface area contributed by atoms with E-state index in [1.807, 2.05) is 18.2 Å². The van der Waals surface area contributed by atoms with Crippen molar-refractivity contribution >= 4 is 46.5 Å². The lowest BCUT2D eigenvalue weighted by Gasteiger charge is -2.12. The summed E-state index contributed by atoms with van der Waals surface area (Å²) < 4.78 is 15.4. The van der Waals surface area contributed by atoms with E-state index in [0.29, 0.717) is 22.7 Å². The lowest BCUT2D eigenvalue weighted by molar-refractivity contribution is -0.143. The first-order chi connectivity index (χ1) is 15.4. The third-order valence-electron chi connectivity index (χ3n) is 4.29. The van der Waals surface area contributed by atoms with Gasteiger partial charge in [0, 0.05) is 5.69 Å². The summed E-state index contributed by atoms with van der Waals surface area (Å²) in [5.74, 6) is -0.913. The summed E-state index contributed by atoms with van der Waals surface area (Å²) >= 11 is 0.728. The van der Waals surface area contributed by atoms with Crippen LogP contribution in [-0.4, -0.2) is 55.3 Å². The van der Waals surface area contributed by atoms with E-state index in [2.05, 4.69) is 10.1 Å². The van der Waals surface area contributed by atoms with Crippen molar-refractivity contribution in [3.63, 3.8) is 0 Å². The summed E-state index contributed by atoms with van der Waals surface area (Å²) in [6, 6.07) is 13.8. The molecule has 3 amide bonds. The van der Waals surface area contributed by atoms with Gasteiger partial charge in [0.2, 0.25) is 0 Å². The van der Waals surface area contributed by atoms with E-state index in [1.54, 1.807) is 30.3 Å². The first kappa shape index (κ1) is 22.9. The van der Waals surface area contributed by atoms with E-state index < -0.39 is 23.7 Å². The number of anilines is 1. The summed E-state index contributed by atoms with van der Waals surface area (Å²) in [4.78, 5) is 48.9. The lowest BCUT2D eigenvalue weighted by Crippen LogP contribution is -2.34. The Hall–Kier alpha value is -3.79. The van der Waals surface area contributed by atoms with Gasteiger partial charge in [-0.25, -0.2) is 0 Å². The minimum Gasteiger partial charge on any atom is -0.493 e. The third kappa shape index (κ3) is 5.67. The van der Waals surface area contributed by atoms with Crippen molar-refractivity contribution in [2.45, 2.75) is 0 Å². The molecular formula is C22H20N2O7S. The number of hydrogen-bond acceptors (Lipinski definition) is 8. The molecule has 166 valence electrons. The van der Waals surface area contributed by atoms with Gasteiger partial charge in [0.25, 0.3) is 17.1 Å². The fraction of sp³-hybridized carbons (Fsp3) is 0.182. The highest BCUT2D eigenvalue weighted by Crippen LogP contribution is 2.34. The molecule has 10 heteroatoms. The van der Waals surface area contributed by atoms with Crippen molar-refractivity contribution in [1.82, 2.24) is 4.90 Å². The molecule has 0 aromatic heterocycles.